The molecule has 0 spiro atoms. The summed E-state index contributed by atoms with van der Waals surface area (Å²) in [7, 11) is 0. The van der Waals surface area contributed by atoms with Crippen LogP contribution in [0.3, 0.4) is 0 Å². The predicted molar refractivity (Wildman–Crippen MR) is 104 cm³/mol. The Morgan fingerprint density at radius 1 is 0.960 bits per heavy atom. The van der Waals surface area contributed by atoms with E-state index in [-0.39, 0.29) is 5.63 Å². The molecule has 0 aliphatic carbocycles. The van der Waals surface area contributed by atoms with Crippen molar-refractivity contribution in [3.8, 4) is 0 Å². The summed E-state index contributed by atoms with van der Waals surface area (Å²) in [4.78, 5) is 12.3. The summed E-state index contributed by atoms with van der Waals surface area (Å²) in [6.45, 7) is 6.42. The van der Waals surface area contributed by atoms with E-state index in [4.69, 9.17) is 4.42 Å². The molecule has 3 aromatic rings. The van der Waals surface area contributed by atoms with E-state index in [9.17, 15) is 4.79 Å². The second-order valence-corrected chi connectivity index (χ2v) is 6.53. The number of unbranched alkanes of at least 4 members (excludes halogenated alkanes) is 1. The number of hydrogen-bond donors (Lipinski definition) is 0. The zero-order valence-corrected chi connectivity index (χ0v) is 14.8. The van der Waals surface area contributed by atoms with Gasteiger partial charge in [-0.25, -0.2) is 4.79 Å². The van der Waals surface area contributed by atoms with Crippen molar-refractivity contribution in [3.05, 3.63) is 94.1 Å². The fourth-order valence-corrected chi connectivity index (χ4v) is 3.23. The summed E-state index contributed by atoms with van der Waals surface area (Å²) in [6.07, 6.45) is 4.45. The van der Waals surface area contributed by atoms with Crippen LogP contribution in [0.15, 0.2) is 76.0 Å². The molecule has 0 saturated carbocycles. The Hall–Kier alpha value is -2.61. The highest BCUT2D eigenvalue weighted by molar-refractivity contribution is 5.85. The molecule has 0 radical (unpaired) electrons. The molecule has 0 atom stereocenters. The summed E-state index contributed by atoms with van der Waals surface area (Å²) in [5.41, 5.74) is 3.26. The first-order valence-electron chi connectivity index (χ1n) is 8.93. The van der Waals surface area contributed by atoms with Crippen LogP contribution in [0.2, 0.25) is 0 Å². The van der Waals surface area contributed by atoms with E-state index in [2.05, 4.69) is 25.6 Å². The third-order valence-electron chi connectivity index (χ3n) is 4.51. The van der Waals surface area contributed by atoms with Gasteiger partial charge in [0.1, 0.15) is 5.76 Å². The quantitative estimate of drug-likeness (QED) is 0.537. The highest BCUT2D eigenvalue weighted by Gasteiger charge is 2.14. The van der Waals surface area contributed by atoms with Gasteiger partial charge in [-0.2, -0.15) is 0 Å². The van der Waals surface area contributed by atoms with Gasteiger partial charge < -0.3 is 4.42 Å². The number of rotatable bonds is 7. The van der Waals surface area contributed by atoms with Gasteiger partial charge in [0.15, 0.2) is 0 Å². The van der Waals surface area contributed by atoms with Crippen molar-refractivity contribution in [2.24, 2.45) is 0 Å². The standard InChI is InChI=1S/C23H24O2/c1-3-4-14-22-21(16-17(2)15-18-10-6-5-7-11-18)19-12-8-9-13-20(19)23(24)25-22/h5-13H,2-4,14-16H2,1H3. The van der Waals surface area contributed by atoms with E-state index in [1.165, 1.54) is 5.56 Å². The maximum atomic E-state index is 12.3. The monoisotopic (exact) mass is 332 g/mol. The third kappa shape index (κ3) is 4.08. The predicted octanol–water partition coefficient (Wildman–Crippen LogP) is 5.48. The van der Waals surface area contributed by atoms with Crippen LogP contribution < -0.4 is 5.63 Å². The molecule has 2 nitrogen and oxygen atoms in total. The molecule has 25 heavy (non-hydrogen) atoms. The van der Waals surface area contributed by atoms with Gasteiger partial charge in [0.05, 0.1) is 5.39 Å². The molecule has 0 fully saturated rings. The van der Waals surface area contributed by atoms with Crippen LogP contribution in [0.5, 0.6) is 0 Å². The van der Waals surface area contributed by atoms with Crippen molar-refractivity contribution in [2.45, 2.75) is 39.0 Å². The molecule has 0 saturated heterocycles. The number of benzene rings is 2. The number of aryl methyl sites for hydroxylation is 1. The van der Waals surface area contributed by atoms with Crippen LogP contribution in [0.1, 0.15) is 36.7 Å². The Morgan fingerprint density at radius 2 is 1.64 bits per heavy atom. The molecule has 0 amide bonds. The maximum Gasteiger partial charge on any atom is 0.343 e. The minimum absolute atomic E-state index is 0.237. The lowest BCUT2D eigenvalue weighted by molar-refractivity contribution is 0.454. The zero-order valence-electron chi connectivity index (χ0n) is 14.8. The zero-order chi connectivity index (χ0) is 17.6. The summed E-state index contributed by atoms with van der Waals surface area (Å²) >= 11 is 0. The molecule has 2 heteroatoms. The van der Waals surface area contributed by atoms with Gasteiger partial charge in [0, 0.05) is 12.0 Å². The van der Waals surface area contributed by atoms with E-state index in [1.807, 2.05) is 42.5 Å². The lowest BCUT2D eigenvalue weighted by atomic mass is 9.94. The lowest BCUT2D eigenvalue weighted by Crippen LogP contribution is -2.08. The Labute approximate surface area is 148 Å². The van der Waals surface area contributed by atoms with Crippen molar-refractivity contribution in [1.82, 2.24) is 0 Å². The third-order valence-corrected chi connectivity index (χ3v) is 4.51. The first-order chi connectivity index (χ1) is 12.2. The van der Waals surface area contributed by atoms with Crippen molar-refractivity contribution in [2.75, 3.05) is 0 Å². The van der Waals surface area contributed by atoms with Crippen molar-refractivity contribution in [3.63, 3.8) is 0 Å². The molecule has 3 rings (SSSR count). The molecule has 0 aliphatic heterocycles. The first-order valence-corrected chi connectivity index (χ1v) is 8.93. The molecular formula is C23H24O2. The van der Waals surface area contributed by atoms with Crippen LogP contribution in [0.25, 0.3) is 10.8 Å². The van der Waals surface area contributed by atoms with Crippen LogP contribution in [-0.2, 0) is 19.3 Å². The number of allylic oxidation sites excluding steroid dienone is 1. The smallest absolute Gasteiger partial charge is 0.343 e. The van der Waals surface area contributed by atoms with Crippen LogP contribution in [0.4, 0.5) is 0 Å². The Balaban J connectivity index is 1.96. The topological polar surface area (TPSA) is 30.2 Å². The summed E-state index contributed by atoms with van der Waals surface area (Å²) in [6, 6.07) is 18.1. The van der Waals surface area contributed by atoms with Crippen molar-refractivity contribution < 1.29 is 4.42 Å². The Bertz CT molecular complexity index is 920. The highest BCUT2D eigenvalue weighted by atomic mass is 16.4. The fourth-order valence-electron chi connectivity index (χ4n) is 3.23. The molecular weight excluding hydrogens is 308 g/mol. The van der Waals surface area contributed by atoms with Crippen LogP contribution in [-0.4, -0.2) is 0 Å². The largest absolute Gasteiger partial charge is 0.427 e. The van der Waals surface area contributed by atoms with E-state index < -0.39 is 0 Å². The minimum Gasteiger partial charge on any atom is -0.427 e. The molecule has 2 aromatic carbocycles. The highest BCUT2D eigenvalue weighted by Crippen LogP contribution is 2.24. The van der Waals surface area contributed by atoms with Crippen molar-refractivity contribution >= 4 is 10.8 Å². The first kappa shape index (κ1) is 17.2. The summed E-state index contributed by atoms with van der Waals surface area (Å²) in [5.74, 6) is 0.819. The summed E-state index contributed by atoms with van der Waals surface area (Å²) < 4.78 is 5.68. The van der Waals surface area contributed by atoms with Gasteiger partial charge in [0.2, 0.25) is 0 Å². The molecule has 0 N–H and O–H groups in total. The second-order valence-electron chi connectivity index (χ2n) is 6.53. The van der Waals surface area contributed by atoms with E-state index in [1.54, 1.807) is 0 Å². The van der Waals surface area contributed by atoms with Crippen LogP contribution in [0, 0.1) is 0 Å². The number of fused-ring (bicyclic) bond motifs is 1. The van der Waals surface area contributed by atoms with Gasteiger partial charge in [-0.3, -0.25) is 0 Å². The second kappa shape index (κ2) is 7.98. The van der Waals surface area contributed by atoms with E-state index in [0.717, 1.165) is 54.4 Å². The molecule has 0 unspecified atom stereocenters. The average molecular weight is 332 g/mol. The number of hydrogen-bond acceptors (Lipinski definition) is 2. The van der Waals surface area contributed by atoms with Crippen LogP contribution >= 0.6 is 0 Å². The SMILES string of the molecule is C=C(Cc1ccccc1)Cc1c(CCCC)oc(=O)c2ccccc12. The normalized spacial score (nSPS) is 10.9. The molecule has 0 aliphatic rings. The fraction of sp³-hybridized carbons (Fsp3) is 0.261. The van der Waals surface area contributed by atoms with Gasteiger partial charge in [-0.15, -0.1) is 0 Å². The minimum atomic E-state index is -0.237. The molecule has 1 aromatic heterocycles. The summed E-state index contributed by atoms with van der Waals surface area (Å²) in [5, 5.41) is 1.66. The van der Waals surface area contributed by atoms with E-state index in [0.29, 0.717) is 5.39 Å². The molecule has 1 heterocycles. The van der Waals surface area contributed by atoms with Crippen molar-refractivity contribution in [1.29, 1.82) is 0 Å². The lowest BCUT2D eigenvalue weighted by Gasteiger charge is -2.13. The molecule has 128 valence electrons. The van der Waals surface area contributed by atoms with Gasteiger partial charge in [-0.05, 0) is 36.3 Å². The van der Waals surface area contributed by atoms with Gasteiger partial charge in [0.25, 0.3) is 0 Å². The van der Waals surface area contributed by atoms with Gasteiger partial charge >= 0.3 is 5.63 Å². The Kier molecular flexibility index (Phi) is 5.49. The van der Waals surface area contributed by atoms with E-state index >= 15 is 0 Å². The average Bonchev–Trinajstić information content (AvgIpc) is 2.63. The maximum absolute atomic E-state index is 12.3. The van der Waals surface area contributed by atoms with Gasteiger partial charge in [-0.1, -0.05) is 74.0 Å². The Morgan fingerprint density at radius 3 is 2.36 bits per heavy atom. The molecule has 0 bridgehead atoms.